The summed E-state index contributed by atoms with van der Waals surface area (Å²) in [6, 6.07) is 11.9. The highest BCUT2D eigenvalue weighted by atomic mass is 32.2. The van der Waals surface area contributed by atoms with Crippen molar-refractivity contribution in [2.24, 2.45) is 0 Å². The molecule has 0 aliphatic rings. The average molecular weight is 362 g/mol. The molecular formula is C18H22N2O4S. The summed E-state index contributed by atoms with van der Waals surface area (Å²) in [4.78, 5) is 12.0. The second kappa shape index (κ2) is 7.67. The molecule has 0 saturated heterocycles. The summed E-state index contributed by atoms with van der Waals surface area (Å²) in [5, 5.41) is 2.48. The molecule has 0 aromatic heterocycles. The normalized spacial score (nSPS) is 11.4. The molecule has 0 aliphatic carbocycles. The van der Waals surface area contributed by atoms with Crippen LogP contribution in [0.25, 0.3) is 0 Å². The van der Waals surface area contributed by atoms with Crippen molar-refractivity contribution in [1.29, 1.82) is 0 Å². The number of methoxy groups -OCH3 is 1. The number of ether oxygens (including phenoxy) is 1. The summed E-state index contributed by atoms with van der Waals surface area (Å²) >= 11 is 0. The van der Waals surface area contributed by atoms with Crippen LogP contribution in [0.2, 0.25) is 0 Å². The van der Waals surface area contributed by atoms with E-state index < -0.39 is 15.9 Å². The van der Waals surface area contributed by atoms with Crippen molar-refractivity contribution in [1.82, 2.24) is 9.62 Å². The number of rotatable bonds is 6. The molecule has 1 amide bonds. The highest BCUT2D eigenvalue weighted by Crippen LogP contribution is 2.25. The van der Waals surface area contributed by atoms with E-state index in [1.807, 2.05) is 31.2 Å². The molecule has 0 bridgehead atoms. The van der Waals surface area contributed by atoms with E-state index in [1.165, 1.54) is 43.7 Å². The fourth-order valence-electron chi connectivity index (χ4n) is 2.49. The Balaban J connectivity index is 2.36. The summed E-state index contributed by atoms with van der Waals surface area (Å²) in [6.07, 6.45) is 0. The number of sulfonamides is 1. The van der Waals surface area contributed by atoms with Gasteiger partial charge in [-0.15, -0.1) is 0 Å². The van der Waals surface area contributed by atoms with Gasteiger partial charge in [0.25, 0.3) is 5.91 Å². The van der Waals surface area contributed by atoms with E-state index in [-0.39, 0.29) is 17.0 Å². The third kappa shape index (κ3) is 4.18. The Morgan fingerprint density at radius 3 is 2.52 bits per heavy atom. The van der Waals surface area contributed by atoms with Gasteiger partial charge in [-0.1, -0.05) is 29.8 Å². The van der Waals surface area contributed by atoms with Crippen LogP contribution < -0.4 is 10.1 Å². The number of carbonyl (C=O) groups excluding carboxylic acids is 1. The second-order valence-corrected chi connectivity index (χ2v) is 7.74. The Hall–Kier alpha value is -2.38. The molecule has 0 fully saturated rings. The zero-order valence-corrected chi connectivity index (χ0v) is 15.6. The number of hydrogen-bond acceptors (Lipinski definition) is 4. The molecule has 0 spiro atoms. The minimum absolute atomic E-state index is 0.0436. The molecule has 2 aromatic carbocycles. The van der Waals surface area contributed by atoms with Crippen molar-refractivity contribution in [3.63, 3.8) is 0 Å². The molecule has 2 rings (SSSR count). The van der Waals surface area contributed by atoms with Crippen LogP contribution in [-0.2, 0) is 16.6 Å². The first-order valence-corrected chi connectivity index (χ1v) is 9.15. The Morgan fingerprint density at radius 2 is 1.92 bits per heavy atom. The fraction of sp³-hybridized carbons (Fsp3) is 0.278. The molecule has 0 saturated carbocycles. The monoisotopic (exact) mass is 362 g/mol. The van der Waals surface area contributed by atoms with Crippen LogP contribution in [0.15, 0.2) is 47.4 Å². The second-order valence-electron chi connectivity index (χ2n) is 5.69. The van der Waals surface area contributed by atoms with E-state index in [4.69, 9.17) is 4.74 Å². The third-order valence-corrected chi connectivity index (χ3v) is 5.64. The number of benzene rings is 2. The quantitative estimate of drug-likeness (QED) is 0.855. The maximum Gasteiger partial charge on any atom is 0.254 e. The van der Waals surface area contributed by atoms with Gasteiger partial charge in [0.05, 0.1) is 17.6 Å². The van der Waals surface area contributed by atoms with Gasteiger partial charge < -0.3 is 10.1 Å². The van der Waals surface area contributed by atoms with Crippen molar-refractivity contribution in [3.8, 4) is 5.75 Å². The summed E-state index contributed by atoms with van der Waals surface area (Å²) in [5.74, 6) is -0.0881. The van der Waals surface area contributed by atoms with Gasteiger partial charge in [0.15, 0.2) is 0 Å². The van der Waals surface area contributed by atoms with Crippen LogP contribution in [0.1, 0.15) is 21.5 Å². The average Bonchev–Trinajstić information content (AvgIpc) is 2.60. The van der Waals surface area contributed by atoms with Gasteiger partial charge in [-0.2, -0.15) is 4.31 Å². The zero-order chi connectivity index (χ0) is 18.6. The number of hydrogen-bond donors (Lipinski definition) is 1. The number of amides is 1. The van der Waals surface area contributed by atoms with E-state index in [1.54, 1.807) is 0 Å². The first-order chi connectivity index (χ1) is 11.8. The van der Waals surface area contributed by atoms with Gasteiger partial charge in [-0.3, -0.25) is 4.79 Å². The SMILES string of the molecule is CNC(=O)c1cc(S(=O)(=O)N(C)Cc2cccc(C)c2)ccc1OC. The van der Waals surface area contributed by atoms with Gasteiger partial charge >= 0.3 is 0 Å². The fourth-order valence-corrected chi connectivity index (χ4v) is 3.68. The van der Waals surface area contributed by atoms with Gasteiger partial charge in [0.2, 0.25) is 10.0 Å². The van der Waals surface area contributed by atoms with E-state index in [0.29, 0.717) is 5.75 Å². The molecule has 1 N–H and O–H groups in total. The number of carbonyl (C=O) groups is 1. The highest BCUT2D eigenvalue weighted by molar-refractivity contribution is 7.89. The van der Waals surface area contributed by atoms with Crippen LogP contribution in [0.3, 0.4) is 0 Å². The van der Waals surface area contributed by atoms with Crippen LogP contribution >= 0.6 is 0 Å². The number of nitrogens with zero attached hydrogens (tertiary/aromatic N) is 1. The lowest BCUT2D eigenvalue weighted by molar-refractivity contribution is 0.0960. The topological polar surface area (TPSA) is 75.7 Å². The molecule has 134 valence electrons. The number of nitrogens with one attached hydrogen (secondary N) is 1. The summed E-state index contributed by atoms with van der Waals surface area (Å²) in [6.45, 7) is 2.20. The molecule has 0 heterocycles. The molecule has 0 unspecified atom stereocenters. The molecular weight excluding hydrogens is 340 g/mol. The molecule has 6 nitrogen and oxygen atoms in total. The summed E-state index contributed by atoms with van der Waals surface area (Å²) in [7, 11) is 0.683. The Labute approximate surface area is 148 Å². The number of aryl methyl sites for hydroxylation is 1. The minimum atomic E-state index is -3.74. The lowest BCUT2D eigenvalue weighted by Gasteiger charge is -2.18. The Kier molecular flexibility index (Phi) is 5.81. The van der Waals surface area contributed by atoms with Gasteiger partial charge in [0, 0.05) is 20.6 Å². The lowest BCUT2D eigenvalue weighted by atomic mass is 10.1. The van der Waals surface area contributed by atoms with Crippen molar-refractivity contribution in [3.05, 3.63) is 59.2 Å². The summed E-state index contributed by atoms with van der Waals surface area (Å²) < 4.78 is 32.1. The maximum absolute atomic E-state index is 12.8. The van der Waals surface area contributed by atoms with Crippen LogP contribution in [-0.4, -0.2) is 39.8 Å². The Morgan fingerprint density at radius 1 is 1.20 bits per heavy atom. The molecule has 0 radical (unpaired) electrons. The molecule has 7 heteroatoms. The van der Waals surface area contributed by atoms with E-state index >= 15 is 0 Å². The maximum atomic E-state index is 12.8. The van der Waals surface area contributed by atoms with Crippen LogP contribution in [0.4, 0.5) is 0 Å². The standard InChI is InChI=1S/C18H22N2O4S/c1-13-6-5-7-14(10-13)12-20(3)25(22,23)15-8-9-17(24-4)16(11-15)18(21)19-2/h5-11H,12H2,1-4H3,(H,19,21). The molecule has 2 aromatic rings. The minimum Gasteiger partial charge on any atom is -0.496 e. The molecule has 0 aliphatic heterocycles. The Bertz CT molecular complexity index is 878. The third-order valence-electron chi connectivity index (χ3n) is 3.84. The van der Waals surface area contributed by atoms with E-state index in [9.17, 15) is 13.2 Å². The van der Waals surface area contributed by atoms with Crippen LogP contribution in [0, 0.1) is 6.92 Å². The van der Waals surface area contributed by atoms with Gasteiger partial charge in [-0.05, 0) is 30.7 Å². The summed E-state index contributed by atoms with van der Waals surface area (Å²) in [5.41, 5.74) is 2.13. The predicted octanol–water partition coefficient (Wildman–Crippen LogP) is 2.18. The molecule has 0 atom stereocenters. The van der Waals surface area contributed by atoms with Gasteiger partial charge in [-0.25, -0.2) is 8.42 Å². The largest absolute Gasteiger partial charge is 0.496 e. The van der Waals surface area contributed by atoms with Crippen molar-refractivity contribution in [2.75, 3.05) is 21.2 Å². The zero-order valence-electron chi connectivity index (χ0n) is 14.7. The van der Waals surface area contributed by atoms with Crippen LogP contribution in [0.5, 0.6) is 5.75 Å². The van der Waals surface area contributed by atoms with Gasteiger partial charge in [0.1, 0.15) is 5.75 Å². The lowest BCUT2D eigenvalue weighted by Crippen LogP contribution is -2.27. The van der Waals surface area contributed by atoms with E-state index in [2.05, 4.69) is 5.32 Å². The highest BCUT2D eigenvalue weighted by Gasteiger charge is 2.23. The smallest absolute Gasteiger partial charge is 0.254 e. The van der Waals surface area contributed by atoms with Crippen molar-refractivity contribution < 1.29 is 17.9 Å². The predicted molar refractivity (Wildman–Crippen MR) is 96.2 cm³/mol. The van der Waals surface area contributed by atoms with Crippen molar-refractivity contribution >= 4 is 15.9 Å². The molecule has 25 heavy (non-hydrogen) atoms. The van der Waals surface area contributed by atoms with E-state index in [0.717, 1.165) is 11.1 Å². The first-order valence-electron chi connectivity index (χ1n) is 7.71. The first kappa shape index (κ1) is 19.0. The van der Waals surface area contributed by atoms with Crippen molar-refractivity contribution in [2.45, 2.75) is 18.4 Å².